The second-order valence-corrected chi connectivity index (χ2v) is 8.02. The number of carbonyl (C=O) groups excluding carboxylic acids is 1. The Kier molecular flexibility index (Phi) is 5.78. The second kappa shape index (κ2) is 7.86. The van der Waals surface area contributed by atoms with Crippen molar-refractivity contribution in [3.8, 4) is 11.3 Å². The summed E-state index contributed by atoms with van der Waals surface area (Å²) in [7, 11) is 1.60. The third-order valence-electron chi connectivity index (χ3n) is 3.74. The molecule has 0 atom stereocenters. The van der Waals surface area contributed by atoms with Gasteiger partial charge in [-0.25, -0.2) is 0 Å². The van der Waals surface area contributed by atoms with Gasteiger partial charge in [-0.1, -0.05) is 46.0 Å². The van der Waals surface area contributed by atoms with Crippen LogP contribution in [0.1, 0.15) is 11.3 Å². The number of methoxy groups -OCH3 is 1. The lowest BCUT2D eigenvalue weighted by atomic mass is 10.1. The molecule has 0 saturated carbocycles. The fraction of sp³-hybridized carbons (Fsp3) is 0.222. The van der Waals surface area contributed by atoms with Crippen molar-refractivity contribution in [1.29, 1.82) is 0 Å². The quantitative estimate of drug-likeness (QED) is 0.493. The molecule has 1 saturated heterocycles. The number of thioether (sulfide) groups is 1. The van der Waals surface area contributed by atoms with Gasteiger partial charge in [-0.2, -0.15) is 0 Å². The van der Waals surface area contributed by atoms with Crippen molar-refractivity contribution in [3.63, 3.8) is 0 Å². The molecule has 2 heterocycles. The Balaban J connectivity index is 1.81. The Morgan fingerprint density at radius 2 is 2.16 bits per heavy atom. The molecule has 4 nitrogen and oxygen atoms in total. The zero-order chi connectivity index (χ0) is 18.0. The van der Waals surface area contributed by atoms with Crippen molar-refractivity contribution in [1.82, 2.24) is 4.90 Å². The molecule has 1 amide bonds. The number of ether oxygens (including phenoxy) is 1. The number of halogens is 1. The van der Waals surface area contributed by atoms with Crippen LogP contribution < -0.4 is 0 Å². The summed E-state index contributed by atoms with van der Waals surface area (Å²) in [4.78, 5) is 14.5. The van der Waals surface area contributed by atoms with E-state index < -0.39 is 0 Å². The van der Waals surface area contributed by atoms with Crippen LogP contribution in [0.25, 0.3) is 17.4 Å². The van der Waals surface area contributed by atoms with Crippen molar-refractivity contribution in [2.75, 3.05) is 20.3 Å². The van der Waals surface area contributed by atoms with Gasteiger partial charge in [0, 0.05) is 23.2 Å². The molecule has 1 aliphatic heterocycles. The number of benzene rings is 1. The first-order valence-electron chi connectivity index (χ1n) is 7.60. The van der Waals surface area contributed by atoms with Crippen LogP contribution in [0.3, 0.4) is 0 Å². The highest BCUT2D eigenvalue weighted by atomic mass is 79.9. The number of hydrogen-bond acceptors (Lipinski definition) is 5. The fourth-order valence-corrected chi connectivity index (χ4v) is 3.92. The average Bonchev–Trinajstić information content (AvgIpc) is 3.15. The minimum atomic E-state index is -0.107. The van der Waals surface area contributed by atoms with E-state index in [1.165, 1.54) is 11.8 Å². The van der Waals surface area contributed by atoms with Gasteiger partial charge < -0.3 is 9.15 Å². The summed E-state index contributed by atoms with van der Waals surface area (Å²) >= 11 is 10.0. The number of nitrogens with zero attached hydrogens (tertiary/aromatic N) is 1. The lowest BCUT2D eigenvalue weighted by molar-refractivity contribution is -0.122. The predicted octanol–water partition coefficient (Wildman–Crippen LogP) is 4.87. The number of furan rings is 1. The van der Waals surface area contributed by atoms with Gasteiger partial charge >= 0.3 is 0 Å². The molecule has 130 valence electrons. The Bertz CT molecular complexity index is 860. The monoisotopic (exact) mass is 437 g/mol. The van der Waals surface area contributed by atoms with E-state index in [1.54, 1.807) is 18.1 Å². The van der Waals surface area contributed by atoms with Crippen molar-refractivity contribution >= 4 is 56.2 Å². The van der Waals surface area contributed by atoms with Crippen LogP contribution in [-0.2, 0) is 9.53 Å². The van der Waals surface area contributed by atoms with E-state index in [0.717, 1.165) is 21.4 Å². The molecular weight excluding hydrogens is 422 g/mol. The van der Waals surface area contributed by atoms with Crippen LogP contribution in [0, 0.1) is 6.92 Å². The van der Waals surface area contributed by atoms with Gasteiger partial charge in [0.25, 0.3) is 5.91 Å². The van der Waals surface area contributed by atoms with E-state index in [4.69, 9.17) is 21.4 Å². The molecular formula is C18H16BrNO3S2. The van der Waals surface area contributed by atoms with Crippen molar-refractivity contribution in [3.05, 3.63) is 51.0 Å². The van der Waals surface area contributed by atoms with Gasteiger partial charge in [0.2, 0.25) is 0 Å². The topological polar surface area (TPSA) is 42.7 Å². The third-order valence-corrected chi connectivity index (χ3v) is 6.00. The van der Waals surface area contributed by atoms with Gasteiger partial charge in [-0.3, -0.25) is 9.69 Å². The molecule has 2 aromatic rings. The van der Waals surface area contributed by atoms with E-state index in [-0.39, 0.29) is 5.91 Å². The Morgan fingerprint density at radius 3 is 2.88 bits per heavy atom. The zero-order valence-electron chi connectivity index (χ0n) is 13.7. The number of hydrogen-bond donors (Lipinski definition) is 0. The van der Waals surface area contributed by atoms with Crippen LogP contribution in [0.15, 0.2) is 44.1 Å². The second-order valence-electron chi connectivity index (χ2n) is 5.49. The molecule has 0 unspecified atom stereocenters. The SMILES string of the molecule is COCCN1C(=O)/C(=C/c2ccc(-c3ccc(Br)c(C)c3)o2)SC1=S. The first-order valence-corrected chi connectivity index (χ1v) is 9.62. The zero-order valence-corrected chi connectivity index (χ0v) is 17.0. The van der Waals surface area contributed by atoms with Gasteiger partial charge in [0.1, 0.15) is 15.8 Å². The standard InChI is InChI=1S/C18H16BrNO3S2/c1-11-9-12(3-5-14(11)19)15-6-4-13(23-15)10-16-17(21)20(7-8-22-2)18(24)25-16/h3-6,9-10H,7-8H2,1-2H3/b16-10-. The summed E-state index contributed by atoms with van der Waals surface area (Å²) < 4.78 is 12.5. The van der Waals surface area contributed by atoms with Gasteiger partial charge in [0.05, 0.1) is 18.1 Å². The molecule has 3 rings (SSSR count). The number of aryl methyl sites for hydroxylation is 1. The first-order chi connectivity index (χ1) is 12.0. The summed E-state index contributed by atoms with van der Waals surface area (Å²) in [6.45, 7) is 2.94. The first kappa shape index (κ1) is 18.4. The minimum Gasteiger partial charge on any atom is -0.457 e. The molecule has 1 aromatic carbocycles. The molecule has 1 fully saturated rings. The van der Waals surface area contributed by atoms with E-state index >= 15 is 0 Å². The summed E-state index contributed by atoms with van der Waals surface area (Å²) in [5.41, 5.74) is 2.13. The number of rotatable bonds is 5. The molecule has 0 bridgehead atoms. The van der Waals surface area contributed by atoms with E-state index in [0.29, 0.717) is 28.1 Å². The average molecular weight is 438 g/mol. The van der Waals surface area contributed by atoms with Gasteiger partial charge in [-0.15, -0.1) is 0 Å². The summed E-state index contributed by atoms with van der Waals surface area (Å²) in [6, 6.07) is 9.79. The number of carbonyl (C=O) groups is 1. The van der Waals surface area contributed by atoms with E-state index in [9.17, 15) is 4.79 Å². The van der Waals surface area contributed by atoms with Crippen LogP contribution in [0.2, 0.25) is 0 Å². The lowest BCUT2D eigenvalue weighted by Gasteiger charge is -2.12. The molecule has 0 aliphatic carbocycles. The molecule has 0 N–H and O–H groups in total. The van der Waals surface area contributed by atoms with Crippen LogP contribution in [-0.4, -0.2) is 35.4 Å². The lowest BCUT2D eigenvalue weighted by Crippen LogP contribution is -2.31. The number of thiocarbonyl (C=S) groups is 1. The van der Waals surface area contributed by atoms with Crippen LogP contribution in [0.4, 0.5) is 0 Å². The maximum absolute atomic E-state index is 12.4. The Labute approximate surface area is 164 Å². The van der Waals surface area contributed by atoms with Crippen molar-refractivity contribution in [2.24, 2.45) is 0 Å². The van der Waals surface area contributed by atoms with Crippen molar-refractivity contribution in [2.45, 2.75) is 6.92 Å². The maximum Gasteiger partial charge on any atom is 0.266 e. The molecule has 0 spiro atoms. The van der Waals surface area contributed by atoms with Crippen LogP contribution in [0.5, 0.6) is 0 Å². The summed E-state index contributed by atoms with van der Waals surface area (Å²) in [5.74, 6) is 1.28. The summed E-state index contributed by atoms with van der Waals surface area (Å²) in [5, 5.41) is 0. The maximum atomic E-state index is 12.4. The molecule has 25 heavy (non-hydrogen) atoms. The van der Waals surface area contributed by atoms with Crippen molar-refractivity contribution < 1.29 is 13.9 Å². The van der Waals surface area contributed by atoms with E-state index in [2.05, 4.69) is 22.0 Å². The number of amides is 1. The summed E-state index contributed by atoms with van der Waals surface area (Å²) in [6.07, 6.45) is 1.74. The van der Waals surface area contributed by atoms with E-state index in [1.807, 2.05) is 31.2 Å². The molecule has 0 radical (unpaired) electrons. The fourth-order valence-electron chi connectivity index (χ4n) is 2.39. The highest BCUT2D eigenvalue weighted by Gasteiger charge is 2.31. The highest BCUT2D eigenvalue weighted by molar-refractivity contribution is 9.10. The minimum absolute atomic E-state index is 0.107. The third kappa shape index (κ3) is 4.06. The van der Waals surface area contributed by atoms with Gasteiger partial charge in [0.15, 0.2) is 0 Å². The smallest absolute Gasteiger partial charge is 0.266 e. The molecule has 7 heteroatoms. The normalized spacial score (nSPS) is 16.3. The highest BCUT2D eigenvalue weighted by Crippen LogP contribution is 2.33. The molecule has 1 aromatic heterocycles. The Hall–Kier alpha value is -1.41. The predicted molar refractivity (Wildman–Crippen MR) is 108 cm³/mol. The molecule has 1 aliphatic rings. The largest absolute Gasteiger partial charge is 0.457 e. The van der Waals surface area contributed by atoms with Gasteiger partial charge in [-0.05, 0) is 36.8 Å². The Morgan fingerprint density at radius 1 is 1.36 bits per heavy atom. The van der Waals surface area contributed by atoms with Crippen LogP contribution >= 0.6 is 39.9 Å².